The second-order valence-corrected chi connectivity index (χ2v) is 4.02. The summed E-state index contributed by atoms with van der Waals surface area (Å²) < 4.78 is 0. The molecule has 2 aromatic rings. The van der Waals surface area contributed by atoms with Gasteiger partial charge in [0.15, 0.2) is 0 Å². The molecule has 16 heavy (non-hydrogen) atoms. The van der Waals surface area contributed by atoms with Gasteiger partial charge in [0.25, 0.3) is 0 Å². The van der Waals surface area contributed by atoms with Gasteiger partial charge in [-0.05, 0) is 37.9 Å². The molecule has 0 aliphatic rings. The Balaban J connectivity index is 2.41. The van der Waals surface area contributed by atoms with E-state index in [0.717, 1.165) is 17.8 Å². The SMILES string of the molecule is CN(C)Cc1[c]cccc1-c1ccccn1. The smallest absolute Gasteiger partial charge is 0.0705 e. The summed E-state index contributed by atoms with van der Waals surface area (Å²) in [5, 5.41) is 0. The van der Waals surface area contributed by atoms with Crippen molar-refractivity contribution in [2.24, 2.45) is 0 Å². The lowest BCUT2D eigenvalue weighted by atomic mass is 10.0. The molecule has 0 saturated carbocycles. The fraction of sp³-hybridized carbons (Fsp3) is 0.214. The Kier molecular flexibility index (Phi) is 3.32. The molecule has 1 aromatic carbocycles. The highest BCUT2D eigenvalue weighted by atomic mass is 15.0. The third kappa shape index (κ3) is 2.47. The third-order valence-electron chi connectivity index (χ3n) is 2.36. The summed E-state index contributed by atoms with van der Waals surface area (Å²) in [6.45, 7) is 0.882. The number of benzene rings is 1. The summed E-state index contributed by atoms with van der Waals surface area (Å²) in [6, 6.07) is 15.3. The summed E-state index contributed by atoms with van der Waals surface area (Å²) in [6.07, 6.45) is 1.82. The highest BCUT2D eigenvalue weighted by Crippen LogP contribution is 2.21. The predicted octanol–water partition coefficient (Wildman–Crippen LogP) is 2.61. The third-order valence-corrected chi connectivity index (χ3v) is 2.36. The summed E-state index contributed by atoms with van der Waals surface area (Å²) in [4.78, 5) is 6.52. The largest absolute Gasteiger partial charge is 0.305 e. The van der Waals surface area contributed by atoms with Crippen molar-refractivity contribution in [2.45, 2.75) is 6.54 Å². The number of nitrogens with zero attached hydrogens (tertiary/aromatic N) is 2. The van der Waals surface area contributed by atoms with Crippen LogP contribution in [-0.2, 0) is 6.54 Å². The highest BCUT2D eigenvalue weighted by Gasteiger charge is 2.05. The summed E-state index contributed by atoms with van der Waals surface area (Å²) in [7, 11) is 4.12. The van der Waals surface area contributed by atoms with Crippen molar-refractivity contribution < 1.29 is 0 Å². The quantitative estimate of drug-likeness (QED) is 0.775. The molecule has 0 fully saturated rings. The molecule has 2 nitrogen and oxygen atoms in total. The standard InChI is InChI=1S/C14H15N2/c1-16(2)11-12-7-3-4-8-13(12)14-9-5-6-10-15-14/h3-6,8-10H,11H2,1-2H3. The molecule has 2 rings (SSSR count). The van der Waals surface area contributed by atoms with Crippen LogP contribution in [0, 0.1) is 6.07 Å². The van der Waals surface area contributed by atoms with E-state index in [-0.39, 0.29) is 0 Å². The molecule has 0 spiro atoms. The monoisotopic (exact) mass is 211 g/mol. The number of pyridine rings is 1. The van der Waals surface area contributed by atoms with Crippen LogP contribution in [0.3, 0.4) is 0 Å². The molecular weight excluding hydrogens is 196 g/mol. The maximum Gasteiger partial charge on any atom is 0.0705 e. The van der Waals surface area contributed by atoms with Gasteiger partial charge in [-0.3, -0.25) is 4.98 Å². The Morgan fingerprint density at radius 3 is 2.75 bits per heavy atom. The first-order valence-corrected chi connectivity index (χ1v) is 5.33. The zero-order valence-corrected chi connectivity index (χ0v) is 9.64. The molecule has 0 unspecified atom stereocenters. The minimum atomic E-state index is 0.882. The van der Waals surface area contributed by atoms with Gasteiger partial charge in [-0.15, -0.1) is 0 Å². The fourth-order valence-corrected chi connectivity index (χ4v) is 1.68. The molecule has 0 amide bonds. The van der Waals surface area contributed by atoms with E-state index in [2.05, 4.69) is 36.1 Å². The van der Waals surface area contributed by atoms with Crippen molar-refractivity contribution in [3.63, 3.8) is 0 Å². The first-order valence-electron chi connectivity index (χ1n) is 5.33. The van der Waals surface area contributed by atoms with Crippen LogP contribution in [0.4, 0.5) is 0 Å². The van der Waals surface area contributed by atoms with Gasteiger partial charge in [-0.2, -0.15) is 0 Å². The predicted molar refractivity (Wildman–Crippen MR) is 65.9 cm³/mol. The van der Waals surface area contributed by atoms with E-state index in [1.165, 1.54) is 5.56 Å². The average molecular weight is 211 g/mol. The molecule has 0 N–H and O–H groups in total. The second kappa shape index (κ2) is 4.90. The topological polar surface area (TPSA) is 16.1 Å². The maximum atomic E-state index is 4.38. The van der Waals surface area contributed by atoms with Gasteiger partial charge in [0.2, 0.25) is 0 Å². The molecule has 81 valence electrons. The van der Waals surface area contributed by atoms with Gasteiger partial charge in [0.1, 0.15) is 0 Å². The first-order chi connectivity index (χ1) is 7.77. The van der Waals surface area contributed by atoms with Crippen LogP contribution in [0.1, 0.15) is 5.56 Å². The lowest BCUT2D eigenvalue weighted by Gasteiger charge is -2.13. The molecule has 2 heteroatoms. The van der Waals surface area contributed by atoms with E-state index in [1.807, 2.05) is 36.5 Å². The Hall–Kier alpha value is -1.67. The second-order valence-electron chi connectivity index (χ2n) is 4.02. The van der Waals surface area contributed by atoms with Crippen molar-refractivity contribution in [2.75, 3.05) is 14.1 Å². The van der Waals surface area contributed by atoms with Gasteiger partial charge in [-0.25, -0.2) is 0 Å². The van der Waals surface area contributed by atoms with Gasteiger partial charge < -0.3 is 4.90 Å². The van der Waals surface area contributed by atoms with E-state index in [4.69, 9.17) is 0 Å². The van der Waals surface area contributed by atoms with Crippen molar-refractivity contribution in [3.05, 3.63) is 54.2 Å². The highest BCUT2D eigenvalue weighted by molar-refractivity contribution is 5.62. The van der Waals surface area contributed by atoms with E-state index in [9.17, 15) is 0 Å². The summed E-state index contributed by atoms with van der Waals surface area (Å²) in [5.74, 6) is 0. The van der Waals surface area contributed by atoms with Gasteiger partial charge >= 0.3 is 0 Å². The van der Waals surface area contributed by atoms with E-state index in [0.29, 0.717) is 0 Å². The fourth-order valence-electron chi connectivity index (χ4n) is 1.68. The van der Waals surface area contributed by atoms with Crippen LogP contribution in [0.5, 0.6) is 0 Å². The van der Waals surface area contributed by atoms with Crippen LogP contribution >= 0.6 is 0 Å². The number of rotatable bonds is 3. The van der Waals surface area contributed by atoms with Crippen LogP contribution in [0.15, 0.2) is 42.6 Å². The van der Waals surface area contributed by atoms with Gasteiger partial charge in [-0.1, -0.05) is 24.3 Å². The molecule has 1 heterocycles. The normalized spacial score (nSPS) is 10.7. The Morgan fingerprint density at radius 2 is 2.06 bits per heavy atom. The first kappa shape index (κ1) is 10.8. The van der Waals surface area contributed by atoms with Crippen molar-refractivity contribution in [3.8, 4) is 11.3 Å². The summed E-state index contributed by atoms with van der Waals surface area (Å²) in [5.41, 5.74) is 3.36. The van der Waals surface area contributed by atoms with Crippen LogP contribution < -0.4 is 0 Å². The van der Waals surface area contributed by atoms with Gasteiger partial charge in [0, 0.05) is 18.3 Å². The van der Waals surface area contributed by atoms with Crippen LogP contribution in [0.25, 0.3) is 11.3 Å². The molecule has 0 atom stereocenters. The van der Waals surface area contributed by atoms with E-state index in [1.54, 1.807) is 0 Å². The van der Waals surface area contributed by atoms with Crippen molar-refractivity contribution in [1.29, 1.82) is 0 Å². The number of aromatic nitrogens is 1. The lowest BCUT2D eigenvalue weighted by molar-refractivity contribution is 0.403. The molecule has 0 saturated heterocycles. The molecule has 0 bridgehead atoms. The number of hydrogen-bond acceptors (Lipinski definition) is 2. The molecule has 1 radical (unpaired) electrons. The lowest BCUT2D eigenvalue weighted by Crippen LogP contribution is -2.11. The molecule has 0 aliphatic heterocycles. The van der Waals surface area contributed by atoms with E-state index < -0.39 is 0 Å². The van der Waals surface area contributed by atoms with Crippen molar-refractivity contribution in [1.82, 2.24) is 9.88 Å². The van der Waals surface area contributed by atoms with Crippen LogP contribution in [0.2, 0.25) is 0 Å². The van der Waals surface area contributed by atoms with E-state index >= 15 is 0 Å². The average Bonchev–Trinajstić information content (AvgIpc) is 2.30. The van der Waals surface area contributed by atoms with Crippen molar-refractivity contribution >= 4 is 0 Å². The van der Waals surface area contributed by atoms with Crippen LogP contribution in [-0.4, -0.2) is 24.0 Å². The number of hydrogen-bond donors (Lipinski definition) is 0. The zero-order chi connectivity index (χ0) is 11.4. The minimum absolute atomic E-state index is 0.882. The Bertz CT molecular complexity index is 449. The molecular formula is C14H15N2. The minimum Gasteiger partial charge on any atom is -0.305 e. The van der Waals surface area contributed by atoms with Gasteiger partial charge in [0.05, 0.1) is 5.69 Å². The summed E-state index contributed by atoms with van der Waals surface area (Å²) >= 11 is 0. The maximum absolute atomic E-state index is 4.38. The Labute approximate surface area is 96.6 Å². The molecule has 1 aromatic heterocycles. The molecule has 0 aliphatic carbocycles. The zero-order valence-electron chi connectivity index (χ0n) is 9.64. The Morgan fingerprint density at radius 1 is 1.19 bits per heavy atom.